The van der Waals surface area contributed by atoms with Crippen LogP contribution >= 0.6 is 23.1 Å². The first-order valence-electron chi connectivity index (χ1n) is 5.87. The molecule has 1 saturated carbocycles. The summed E-state index contributed by atoms with van der Waals surface area (Å²) in [7, 11) is 0. The van der Waals surface area contributed by atoms with Gasteiger partial charge in [0.05, 0.1) is 16.3 Å². The van der Waals surface area contributed by atoms with Gasteiger partial charge < -0.3 is 5.32 Å². The fraction of sp³-hybridized carbons (Fsp3) is 0.308. The summed E-state index contributed by atoms with van der Waals surface area (Å²) in [5, 5.41) is 3.82. The first kappa shape index (κ1) is 12.1. The largest absolute Gasteiger partial charge is 0.309 e. The normalized spacial score (nSPS) is 15.0. The molecule has 18 heavy (non-hydrogen) atoms. The van der Waals surface area contributed by atoms with Crippen molar-refractivity contribution < 1.29 is 4.39 Å². The summed E-state index contributed by atoms with van der Waals surface area (Å²) in [6, 6.07) is 7.25. The van der Waals surface area contributed by atoms with Crippen molar-refractivity contribution >= 4 is 23.1 Å². The van der Waals surface area contributed by atoms with E-state index >= 15 is 0 Å². The van der Waals surface area contributed by atoms with E-state index in [0.717, 1.165) is 11.4 Å². The topological polar surface area (TPSA) is 24.9 Å². The maximum atomic E-state index is 13.7. The third-order valence-corrected chi connectivity index (χ3v) is 4.02. The Bertz CT molecular complexity index is 546. The molecule has 0 spiro atoms. The van der Waals surface area contributed by atoms with Gasteiger partial charge in [-0.15, -0.1) is 0 Å². The standard InChI is InChI=1S/C13H12ClFN2S/c14-10-2-1-3-11(15)13(10)12-6-9(18-17-12)7-16-8-4-5-8/h1-3,6,8,16H,4-5,7H2. The Hall–Kier alpha value is -0.970. The van der Waals surface area contributed by atoms with E-state index in [1.54, 1.807) is 12.1 Å². The van der Waals surface area contributed by atoms with E-state index in [1.807, 2.05) is 6.07 Å². The third kappa shape index (κ3) is 2.55. The van der Waals surface area contributed by atoms with Crippen LogP contribution in [0.15, 0.2) is 24.3 Å². The van der Waals surface area contributed by atoms with Crippen molar-refractivity contribution in [3.63, 3.8) is 0 Å². The van der Waals surface area contributed by atoms with E-state index < -0.39 is 0 Å². The second kappa shape index (κ2) is 4.96. The van der Waals surface area contributed by atoms with Crippen molar-refractivity contribution in [2.24, 2.45) is 0 Å². The van der Waals surface area contributed by atoms with Gasteiger partial charge in [0, 0.05) is 17.5 Å². The quantitative estimate of drug-likeness (QED) is 0.921. The highest BCUT2D eigenvalue weighted by molar-refractivity contribution is 7.06. The Morgan fingerprint density at radius 1 is 1.44 bits per heavy atom. The van der Waals surface area contributed by atoms with Crippen LogP contribution in [0, 0.1) is 5.82 Å². The van der Waals surface area contributed by atoms with Gasteiger partial charge in [0.25, 0.3) is 0 Å². The number of nitrogens with one attached hydrogen (secondary N) is 1. The second-order valence-corrected chi connectivity index (χ2v) is 5.73. The smallest absolute Gasteiger partial charge is 0.134 e. The molecule has 1 aliphatic rings. The van der Waals surface area contributed by atoms with Gasteiger partial charge in [0.15, 0.2) is 0 Å². The van der Waals surface area contributed by atoms with Crippen LogP contribution in [0.3, 0.4) is 0 Å². The Kier molecular flexibility index (Phi) is 3.33. The molecule has 1 fully saturated rings. The summed E-state index contributed by atoms with van der Waals surface area (Å²) >= 11 is 7.41. The molecule has 5 heteroatoms. The molecule has 3 rings (SSSR count). The summed E-state index contributed by atoms with van der Waals surface area (Å²) in [4.78, 5) is 1.11. The lowest BCUT2D eigenvalue weighted by Crippen LogP contribution is -2.14. The van der Waals surface area contributed by atoms with Crippen LogP contribution in [0.1, 0.15) is 17.7 Å². The number of nitrogens with zero attached hydrogens (tertiary/aromatic N) is 1. The van der Waals surface area contributed by atoms with Crippen LogP contribution in [0.4, 0.5) is 4.39 Å². The molecule has 1 aromatic carbocycles. The fourth-order valence-corrected chi connectivity index (χ4v) is 2.72. The molecule has 1 aromatic heterocycles. The highest BCUT2D eigenvalue weighted by atomic mass is 35.5. The van der Waals surface area contributed by atoms with Crippen LogP contribution in [0.5, 0.6) is 0 Å². The monoisotopic (exact) mass is 282 g/mol. The summed E-state index contributed by atoms with van der Waals surface area (Å²) in [6.45, 7) is 0.800. The molecule has 0 radical (unpaired) electrons. The van der Waals surface area contributed by atoms with Gasteiger partial charge in [-0.3, -0.25) is 0 Å². The van der Waals surface area contributed by atoms with E-state index in [0.29, 0.717) is 22.3 Å². The van der Waals surface area contributed by atoms with E-state index in [2.05, 4.69) is 9.69 Å². The molecule has 0 amide bonds. The maximum Gasteiger partial charge on any atom is 0.134 e. The molecule has 0 saturated heterocycles. The molecule has 0 bridgehead atoms. The molecular formula is C13H12ClFN2S. The molecule has 0 unspecified atom stereocenters. The van der Waals surface area contributed by atoms with Gasteiger partial charge in [-0.05, 0) is 42.6 Å². The SMILES string of the molecule is Fc1cccc(Cl)c1-c1cc(CNC2CC2)sn1. The first-order valence-corrected chi connectivity index (χ1v) is 7.02. The van der Waals surface area contributed by atoms with Crippen molar-refractivity contribution in [1.29, 1.82) is 0 Å². The molecular weight excluding hydrogens is 271 g/mol. The van der Waals surface area contributed by atoms with Crippen LogP contribution in [0.25, 0.3) is 11.3 Å². The maximum absolute atomic E-state index is 13.7. The predicted molar refractivity (Wildman–Crippen MR) is 72.4 cm³/mol. The minimum Gasteiger partial charge on any atom is -0.309 e. The van der Waals surface area contributed by atoms with Crippen molar-refractivity contribution in [3.8, 4) is 11.3 Å². The number of aromatic nitrogens is 1. The fourth-order valence-electron chi connectivity index (χ4n) is 1.79. The number of halogens is 2. The second-order valence-electron chi connectivity index (χ2n) is 4.43. The van der Waals surface area contributed by atoms with Gasteiger partial charge in [-0.2, -0.15) is 4.37 Å². The summed E-state index contributed by atoms with van der Waals surface area (Å²) in [5.41, 5.74) is 1.02. The lowest BCUT2D eigenvalue weighted by Gasteiger charge is -2.01. The van der Waals surface area contributed by atoms with Crippen molar-refractivity contribution in [3.05, 3.63) is 40.0 Å². The number of hydrogen-bond donors (Lipinski definition) is 1. The van der Waals surface area contributed by atoms with Crippen molar-refractivity contribution in [2.75, 3.05) is 0 Å². The van der Waals surface area contributed by atoms with E-state index in [-0.39, 0.29) is 5.82 Å². The highest BCUT2D eigenvalue weighted by Gasteiger charge is 2.20. The van der Waals surface area contributed by atoms with E-state index in [4.69, 9.17) is 11.6 Å². The van der Waals surface area contributed by atoms with Gasteiger partial charge in [-0.25, -0.2) is 4.39 Å². The van der Waals surface area contributed by atoms with Gasteiger partial charge in [-0.1, -0.05) is 17.7 Å². The average molecular weight is 283 g/mol. The van der Waals surface area contributed by atoms with Gasteiger partial charge in [0.1, 0.15) is 5.82 Å². The van der Waals surface area contributed by atoms with Gasteiger partial charge in [0.2, 0.25) is 0 Å². The molecule has 0 atom stereocenters. The lowest BCUT2D eigenvalue weighted by molar-refractivity contribution is 0.631. The zero-order valence-electron chi connectivity index (χ0n) is 9.62. The Morgan fingerprint density at radius 3 is 3.00 bits per heavy atom. The van der Waals surface area contributed by atoms with E-state index in [1.165, 1.54) is 30.4 Å². The number of hydrogen-bond acceptors (Lipinski definition) is 3. The molecule has 1 N–H and O–H groups in total. The minimum absolute atomic E-state index is 0.325. The van der Waals surface area contributed by atoms with Crippen LogP contribution in [-0.4, -0.2) is 10.4 Å². The summed E-state index contributed by atoms with van der Waals surface area (Å²) < 4.78 is 18.0. The Morgan fingerprint density at radius 2 is 2.28 bits per heavy atom. The molecule has 2 nitrogen and oxygen atoms in total. The molecule has 1 heterocycles. The summed E-state index contributed by atoms with van der Waals surface area (Å²) in [6.07, 6.45) is 2.51. The summed E-state index contributed by atoms with van der Waals surface area (Å²) in [5.74, 6) is -0.325. The van der Waals surface area contributed by atoms with Gasteiger partial charge >= 0.3 is 0 Å². The minimum atomic E-state index is -0.325. The third-order valence-electron chi connectivity index (χ3n) is 2.92. The molecule has 1 aliphatic carbocycles. The number of benzene rings is 1. The Labute approximate surface area is 114 Å². The number of rotatable bonds is 4. The lowest BCUT2D eigenvalue weighted by atomic mass is 10.1. The molecule has 0 aliphatic heterocycles. The van der Waals surface area contributed by atoms with Crippen LogP contribution < -0.4 is 5.32 Å². The average Bonchev–Trinajstić information content (AvgIpc) is 3.06. The Balaban J connectivity index is 1.83. The van der Waals surface area contributed by atoms with Crippen molar-refractivity contribution in [1.82, 2.24) is 9.69 Å². The van der Waals surface area contributed by atoms with Crippen molar-refractivity contribution in [2.45, 2.75) is 25.4 Å². The molecule has 2 aromatic rings. The molecule has 94 valence electrons. The van der Waals surface area contributed by atoms with Crippen LogP contribution in [0.2, 0.25) is 5.02 Å². The predicted octanol–water partition coefficient (Wildman–Crippen LogP) is 3.85. The van der Waals surface area contributed by atoms with E-state index in [9.17, 15) is 4.39 Å². The van der Waals surface area contributed by atoms with Crippen LogP contribution in [-0.2, 0) is 6.54 Å². The highest BCUT2D eigenvalue weighted by Crippen LogP contribution is 2.31. The first-order chi connectivity index (χ1) is 8.74. The zero-order chi connectivity index (χ0) is 12.5. The zero-order valence-corrected chi connectivity index (χ0v) is 11.2.